The van der Waals surface area contributed by atoms with Gasteiger partial charge in [0.15, 0.2) is 0 Å². The van der Waals surface area contributed by atoms with Gasteiger partial charge in [0.05, 0.1) is 11.6 Å². The molecule has 106 valence electrons. The minimum Gasteiger partial charge on any atom is -0.466 e. The number of carbonyl (C=O) groups excluding carboxylic acids is 1. The highest BCUT2D eigenvalue weighted by Gasteiger charge is 2.22. The third-order valence-corrected chi connectivity index (χ3v) is 3.57. The van der Waals surface area contributed by atoms with E-state index in [0.29, 0.717) is 17.0 Å². The average Bonchev–Trinajstić information content (AvgIpc) is 2.75. The van der Waals surface area contributed by atoms with E-state index in [1.165, 1.54) is 0 Å². The number of amides is 1. The fraction of sp³-hybridized carbons (Fsp3) is 0.312. The molecular formula is C16H20N2O2. The van der Waals surface area contributed by atoms with Crippen molar-refractivity contribution in [1.29, 1.82) is 0 Å². The number of rotatable bonds is 3. The van der Waals surface area contributed by atoms with E-state index in [4.69, 9.17) is 10.2 Å². The van der Waals surface area contributed by atoms with E-state index in [9.17, 15) is 4.79 Å². The van der Waals surface area contributed by atoms with Crippen LogP contribution >= 0.6 is 0 Å². The van der Waals surface area contributed by atoms with Crippen molar-refractivity contribution < 1.29 is 9.21 Å². The average molecular weight is 272 g/mol. The van der Waals surface area contributed by atoms with Gasteiger partial charge in [0, 0.05) is 12.7 Å². The molecule has 1 atom stereocenters. The SMILES string of the molecule is Cc1cc(C(=O)N(C)C(C)c2cccc(N)c2)c(C)o1. The number of aryl methyl sites for hydroxylation is 2. The first-order valence-electron chi connectivity index (χ1n) is 6.59. The predicted molar refractivity (Wildman–Crippen MR) is 79.5 cm³/mol. The van der Waals surface area contributed by atoms with Gasteiger partial charge in [-0.2, -0.15) is 0 Å². The molecular weight excluding hydrogens is 252 g/mol. The summed E-state index contributed by atoms with van der Waals surface area (Å²) in [4.78, 5) is 14.2. The third-order valence-electron chi connectivity index (χ3n) is 3.57. The summed E-state index contributed by atoms with van der Waals surface area (Å²) in [6, 6.07) is 9.31. The van der Waals surface area contributed by atoms with E-state index >= 15 is 0 Å². The van der Waals surface area contributed by atoms with Gasteiger partial charge in [0.2, 0.25) is 0 Å². The Kier molecular flexibility index (Phi) is 3.84. The molecule has 0 bridgehead atoms. The van der Waals surface area contributed by atoms with Crippen molar-refractivity contribution in [3.8, 4) is 0 Å². The molecule has 1 aromatic carbocycles. The quantitative estimate of drug-likeness (QED) is 0.872. The van der Waals surface area contributed by atoms with Crippen molar-refractivity contribution in [2.75, 3.05) is 12.8 Å². The molecule has 0 fully saturated rings. The van der Waals surface area contributed by atoms with E-state index in [2.05, 4.69) is 0 Å². The summed E-state index contributed by atoms with van der Waals surface area (Å²) in [6.45, 7) is 5.62. The van der Waals surface area contributed by atoms with Gasteiger partial charge in [-0.3, -0.25) is 4.79 Å². The van der Waals surface area contributed by atoms with Crippen LogP contribution < -0.4 is 5.73 Å². The molecule has 1 heterocycles. The maximum atomic E-state index is 12.5. The van der Waals surface area contributed by atoms with Gasteiger partial charge in [-0.05, 0) is 44.5 Å². The Morgan fingerprint density at radius 3 is 2.55 bits per heavy atom. The van der Waals surface area contributed by atoms with Crippen molar-refractivity contribution in [2.24, 2.45) is 0 Å². The number of hydrogen-bond donors (Lipinski definition) is 1. The molecule has 0 aliphatic heterocycles. The first-order chi connectivity index (χ1) is 9.40. The van der Waals surface area contributed by atoms with Crippen LogP contribution in [-0.2, 0) is 0 Å². The molecule has 2 N–H and O–H groups in total. The lowest BCUT2D eigenvalue weighted by molar-refractivity contribution is 0.0741. The lowest BCUT2D eigenvalue weighted by atomic mass is 10.1. The number of nitrogens with zero attached hydrogens (tertiary/aromatic N) is 1. The van der Waals surface area contributed by atoms with E-state index < -0.39 is 0 Å². The fourth-order valence-corrected chi connectivity index (χ4v) is 2.25. The molecule has 0 saturated carbocycles. The van der Waals surface area contributed by atoms with Crippen LogP contribution in [0.2, 0.25) is 0 Å². The normalized spacial score (nSPS) is 12.2. The van der Waals surface area contributed by atoms with Crippen LogP contribution in [0.1, 0.15) is 40.4 Å². The maximum Gasteiger partial charge on any atom is 0.257 e. The Balaban J connectivity index is 2.24. The van der Waals surface area contributed by atoms with Crippen LogP contribution in [-0.4, -0.2) is 17.9 Å². The van der Waals surface area contributed by atoms with Crippen LogP contribution in [0.4, 0.5) is 5.69 Å². The second-order valence-electron chi connectivity index (χ2n) is 5.09. The molecule has 2 aromatic rings. The van der Waals surface area contributed by atoms with E-state index in [1.807, 2.05) is 38.1 Å². The Bertz CT molecular complexity index is 631. The second kappa shape index (κ2) is 5.41. The minimum absolute atomic E-state index is 0.0470. The molecule has 0 saturated heterocycles. The van der Waals surface area contributed by atoms with Crippen LogP contribution in [0, 0.1) is 13.8 Å². The number of carbonyl (C=O) groups is 1. The lowest BCUT2D eigenvalue weighted by Gasteiger charge is -2.25. The summed E-state index contributed by atoms with van der Waals surface area (Å²) in [5.74, 6) is 1.35. The van der Waals surface area contributed by atoms with Gasteiger partial charge >= 0.3 is 0 Å². The van der Waals surface area contributed by atoms with E-state index in [1.54, 1.807) is 24.9 Å². The molecule has 0 aliphatic carbocycles. The van der Waals surface area contributed by atoms with Gasteiger partial charge in [-0.1, -0.05) is 12.1 Å². The molecule has 1 unspecified atom stereocenters. The monoisotopic (exact) mass is 272 g/mol. The van der Waals surface area contributed by atoms with E-state index in [-0.39, 0.29) is 11.9 Å². The van der Waals surface area contributed by atoms with Crippen LogP contribution in [0.15, 0.2) is 34.7 Å². The summed E-state index contributed by atoms with van der Waals surface area (Å²) in [7, 11) is 1.79. The summed E-state index contributed by atoms with van der Waals surface area (Å²) < 4.78 is 5.42. The third kappa shape index (κ3) is 2.69. The summed E-state index contributed by atoms with van der Waals surface area (Å²) in [5, 5.41) is 0. The smallest absolute Gasteiger partial charge is 0.257 e. The van der Waals surface area contributed by atoms with Crippen molar-refractivity contribution >= 4 is 11.6 Å². The number of nitrogen functional groups attached to an aromatic ring is 1. The van der Waals surface area contributed by atoms with Gasteiger partial charge in [-0.25, -0.2) is 0 Å². The molecule has 4 nitrogen and oxygen atoms in total. The molecule has 0 aliphatic rings. The Hall–Kier alpha value is -2.23. The molecule has 0 radical (unpaired) electrons. The van der Waals surface area contributed by atoms with Crippen LogP contribution in [0.3, 0.4) is 0 Å². The maximum absolute atomic E-state index is 12.5. The highest BCUT2D eigenvalue weighted by molar-refractivity contribution is 5.95. The number of benzene rings is 1. The topological polar surface area (TPSA) is 59.5 Å². The molecule has 2 rings (SSSR count). The zero-order valence-corrected chi connectivity index (χ0v) is 12.3. The first kappa shape index (κ1) is 14.2. The Morgan fingerprint density at radius 1 is 1.30 bits per heavy atom. The number of nitrogens with two attached hydrogens (primary N) is 1. The number of furan rings is 1. The molecule has 4 heteroatoms. The van der Waals surface area contributed by atoms with Gasteiger partial charge < -0.3 is 15.1 Å². The highest BCUT2D eigenvalue weighted by Crippen LogP contribution is 2.24. The second-order valence-corrected chi connectivity index (χ2v) is 5.09. The van der Waals surface area contributed by atoms with Crippen LogP contribution in [0.5, 0.6) is 0 Å². The molecule has 1 amide bonds. The summed E-state index contributed by atoms with van der Waals surface area (Å²) in [5.41, 5.74) is 8.12. The molecule has 20 heavy (non-hydrogen) atoms. The zero-order chi connectivity index (χ0) is 14.9. The predicted octanol–water partition coefficient (Wildman–Crippen LogP) is 3.31. The molecule has 1 aromatic heterocycles. The lowest BCUT2D eigenvalue weighted by Crippen LogP contribution is -2.29. The van der Waals surface area contributed by atoms with Gasteiger partial charge in [0.25, 0.3) is 5.91 Å². The minimum atomic E-state index is -0.0550. The Morgan fingerprint density at radius 2 is 2.00 bits per heavy atom. The number of hydrogen-bond acceptors (Lipinski definition) is 3. The van der Waals surface area contributed by atoms with Crippen molar-refractivity contribution in [3.63, 3.8) is 0 Å². The standard InChI is InChI=1S/C16H20N2O2/c1-10-8-15(12(3)20-10)16(19)18(4)11(2)13-6-5-7-14(17)9-13/h5-9,11H,17H2,1-4H3. The van der Waals surface area contributed by atoms with Crippen molar-refractivity contribution in [2.45, 2.75) is 26.8 Å². The van der Waals surface area contributed by atoms with Gasteiger partial charge in [-0.15, -0.1) is 0 Å². The van der Waals surface area contributed by atoms with Crippen LogP contribution in [0.25, 0.3) is 0 Å². The Labute approximate surface area is 119 Å². The summed E-state index contributed by atoms with van der Waals surface area (Å²) >= 11 is 0. The first-order valence-corrected chi connectivity index (χ1v) is 6.59. The zero-order valence-electron chi connectivity index (χ0n) is 12.3. The highest BCUT2D eigenvalue weighted by atomic mass is 16.3. The molecule has 0 spiro atoms. The van der Waals surface area contributed by atoms with Gasteiger partial charge in [0.1, 0.15) is 11.5 Å². The largest absolute Gasteiger partial charge is 0.466 e. The van der Waals surface area contributed by atoms with Crippen molar-refractivity contribution in [3.05, 3.63) is 53.0 Å². The number of anilines is 1. The van der Waals surface area contributed by atoms with E-state index in [0.717, 1.165) is 11.3 Å². The summed E-state index contributed by atoms with van der Waals surface area (Å²) in [6.07, 6.45) is 0. The fourth-order valence-electron chi connectivity index (χ4n) is 2.25. The van der Waals surface area contributed by atoms with Crippen molar-refractivity contribution in [1.82, 2.24) is 4.90 Å².